The van der Waals surface area contributed by atoms with Crippen molar-refractivity contribution in [1.82, 2.24) is 15.6 Å². The molecule has 3 atom stereocenters. The Morgan fingerprint density at radius 1 is 1.30 bits per heavy atom. The Morgan fingerprint density at radius 2 is 2.06 bits per heavy atom. The maximum Gasteiger partial charge on any atom is 0.401 e. The van der Waals surface area contributed by atoms with Crippen LogP contribution in [0.25, 0.3) is 0 Å². The molecule has 0 spiro atoms. The van der Waals surface area contributed by atoms with Crippen molar-refractivity contribution in [2.24, 2.45) is 0 Å². The van der Waals surface area contributed by atoms with E-state index in [1.54, 1.807) is 0 Å². The standard InChI is InChI=1S/C22H27F5N4O2/c1-3-4-18(30-15-6-5-13-7-14(23)8-17(24)16(13)9-15)20(32)31-21-28-10-19(33-21)12(2)29-11-22(25,26)27/h7-8,10,12,15,18,29-30H,3-6,9,11H2,1-2H3,(H,28,31,32)/t12?,15?,18-/m0/s1. The molecule has 1 aromatic heterocycles. The van der Waals surface area contributed by atoms with E-state index in [2.05, 4.69) is 20.9 Å². The number of nitrogens with one attached hydrogen (secondary N) is 3. The van der Waals surface area contributed by atoms with Gasteiger partial charge in [-0.2, -0.15) is 13.2 Å². The lowest BCUT2D eigenvalue weighted by Gasteiger charge is -2.29. The van der Waals surface area contributed by atoms with E-state index in [4.69, 9.17) is 4.42 Å². The molecule has 3 N–H and O–H groups in total. The van der Waals surface area contributed by atoms with Crippen LogP contribution in [0, 0.1) is 11.6 Å². The van der Waals surface area contributed by atoms with Crippen molar-refractivity contribution in [3.05, 3.63) is 46.9 Å². The van der Waals surface area contributed by atoms with Crippen molar-refractivity contribution in [3.8, 4) is 0 Å². The van der Waals surface area contributed by atoms with Crippen molar-refractivity contribution in [3.63, 3.8) is 0 Å². The van der Waals surface area contributed by atoms with Crippen LogP contribution in [0.5, 0.6) is 0 Å². The number of fused-ring (bicyclic) bond motifs is 1. The number of benzene rings is 1. The Labute approximate surface area is 188 Å². The summed E-state index contributed by atoms with van der Waals surface area (Å²) in [4.78, 5) is 16.7. The number of anilines is 1. The van der Waals surface area contributed by atoms with Gasteiger partial charge in [-0.25, -0.2) is 13.8 Å². The first-order chi connectivity index (χ1) is 15.6. The van der Waals surface area contributed by atoms with Gasteiger partial charge in [-0.3, -0.25) is 15.4 Å². The average Bonchev–Trinajstić information content (AvgIpc) is 3.20. The van der Waals surface area contributed by atoms with Gasteiger partial charge in [0.1, 0.15) is 17.4 Å². The number of aromatic nitrogens is 1. The minimum absolute atomic E-state index is 0.117. The highest BCUT2D eigenvalue weighted by molar-refractivity contribution is 5.93. The minimum atomic E-state index is -4.36. The van der Waals surface area contributed by atoms with Crippen LogP contribution in [0.4, 0.5) is 28.0 Å². The third-order valence-electron chi connectivity index (χ3n) is 5.59. The number of carbonyl (C=O) groups excluding carboxylic acids is 1. The molecule has 1 aromatic carbocycles. The van der Waals surface area contributed by atoms with E-state index in [0.29, 0.717) is 43.2 Å². The highest BCUT2D eigenvalue weighted by Gasteiger charge is 2.29. The molecule has 0 saturated carbocycles. The first kappa shape index (κ1) is 25.1. The van der Waals surface area contributed by atoms with Gasteiger partial charge in [0.25, 0.3) is 0 Å². The van der Waals surface area contributed by atoms with Gasteiger partial charge in [0.05, 0.1) is 24.8 Å². The van der Waals surface area contributed by atoms with Crippen LogP contribution in [0.1, 0.15) is 56.0 Å². The van der Waals surface area contributed by atoms with E-state index < -0.39 is 42.3 Å². The van der Waals surface area contributed by atoms with E-state index in [-0.39, 0.29) is 17.8 Å². The quantitative estimate of drug-likeness (QED) is 0.469. The Balaban J connectivity index is 1.60. The maximum atomic E-state index is 14.2. The second-order valence-electron chi connectivity index (χ2n) is 8.25. The third-order valence-corrected chi connectivity index (χ3v) is 5.59. The molecule has 0 radical (unpaired) electrons. The average molecular weight is 474 g/mol. The molecule has 2 unspecified atom stereocenters. The number of aryl methyl sites for hydroxylation is 1. The van der Waals surface area contributed by atoms with Crippen molar-refractivity contribution >= 4 is 11.9 Å². The summed E-state index contributed by atoms with van der Waals surface area (Å²) in [6.45, 7) is 2.22. The second-order valence-corrected chi connectivity index (χ2v) is 8.25. The fraction of sp³-hybridized carbons (Fsp3) is 0.545. The molecule has 0 saturated heterocycles. The summed E-state index contributed by atoms with van der Waals surface area (Å²) >= 11 is 0. The third kappa shape index (κ3) is 6.97. The van der Waals surface area contributed by atoms with Crippen LogP contribution < -0.4 is 16.0 Å². The SMILES string of the molecule is CCC[C@H](NC1CCc2cc(F)cc(F)c2C1)C(=O)Nc1ncc(C(C)NCC(F)(F)F)o1. The predicted octanol–water partition coefficient (Wildman–Crippen LogP) is 4.42. The van der Waals surface area contributed by atoms with E-state index >= 15 is 0 Å². The number of nitrogens with zero attached hydrogens (tertiary/aromatic N) is 1. The maximum absolute atomic E-state index is 14.2. The molecule has 11 heteroatoms. The van der Waals surface area contributed by atoms with Crippen molar-refractivity contribution in [2.75, 3.05) is 11.9 Å². The zero-order valence-electron chi connectivity index (χ0n) is 18.4. The Hall–Kier alpha value is -2.53. The van der Waals surface area contributed by atoms with Crippen LogP contribution in [-0.4, -0.2) is 35.7 Å². The van der Waals surface area contributed by atoms with Gasteiger partial charge in [0.2, 0.25) is 5.91 Å². The number of amides is 1. The smallest absolute Gasteiger partial charge is 0.401 e. The summed E-state index contributed by atoms with van der Waals surface area (Å²) < 4.78 is 70.1. The molecule has 6 nitrogen and oxygen atoms in total. The number of rotatable bonds is 9. The van der Waals surface area contributed by atoms with Crippen LogP contribution >= 0.6 is 0 Å². The molecule has 1 aliphatic rings. The van der Waals surface area contributed by atoms with E-state index in [1.807, 2.05) is 6.92 Å². The van der Waals surface area contributed by atoms with Gasteiger partial charge in [-0.1, -0.05) is 13.3 Å². The molecule has 1 amide bonds. The summed E-state index contributed by atoms with van der Waals surface area (Å²) in [5.41, 5.74) is 1.09. The topological polar surface area (TPSA) is 79.2 Å². The fourth-order valence-corrected chi connectivity index (χ4v) is 3.90. The summed E-state index contributed by atoms with van der Waals surface area (Å²) in [5, 5.41) is 8.08. The lowest BCUT2D eigenvalue weighted by atomic mass is 9.87. The van der Waals surface area contributed by atoms with E-state index in [0.717, 1.165) is 6.07 Å². The number of carbonyl (C=O) groups is 1. The van der Waals surface area contributed by atoms with Crippen molar-refractivity contribution in [1.29, 1.82) is 0 Å². The molecular formula is C22H27F5N4O2. The van der Waals surface area contributed by atoms with Gasteiger partial charge in [0, 0.05) is 12.1 Å². The normalized spacial score (nSPS) is 18.0. The number of hydrogen-bond donors (Lipinski definition) is 3. The van der Waals surface area contributed by atoms with Gasteiger partial charge >= 0.3 is 12.2 Å². The molecule has 2 aromatic rings. The summed E-state index contributed by atoms with van der Waals surface area (Å²) in [7, 11) is 0. The number of hydrogen-bond acceptors (Lipinski definition) is 5. The number of halogens is 5. The molecule has 0 bridgehead atoms. The van der Waals surface area contributed by atoms with Crippen LogP contribution in [0.2, 0.25) is 0 Å². The Kier molecular flexibility index (Phi) is 8.06. The highest BCUT2D eigenvalue weighted by Crippen LogP contribution is 2.26. The molecule has 1 heterocycles. The predicted molar refractivity (Wildman–Crippen MR) is 112 cm³/mol. The summed E-state index contributed by atoms with van der Waals surface area (Å²) in [6, 6.07) is 0.552. The first-order valence-corrected chi connectivity index (χ1v) is 10.8. The Bertz CT molecular complexity index is 963. The monoisotopic (exact) mass is 474 g/mol. The van der Waals surface area contributed by atoms with Crippen molar-refractivity contribution < 1.29 is 31.2 Å². The molecule has 3 rings (SSSR count). The van der Waals surface area contributed by atoms with Crippen LogP contribution in [0.3, 0.4) is 0 Å². The fourth-order valence-electron chi connectivity index (χ4n) is 3.90. The van der Waals surface area contributed by atoms with Crippen LogP contribution in [-0.2, 0) is 17.6 Å². The number of oxazole rings is 1. The second kappa shape index (κ2) is 10.6. The largest absolute Gasteiger partial charge is 0.427 e. The molecule has 182 valence electrons. The summed E-state index contributed by atoms with van der Waals surface area (Å²) in [5.74, 6) is -1.45. The summed E-state index contributed by atoms with van der Waals surface area (Å²) in [6.07, 6.45) is -0.460. The molecular weight excluding hydrogens is 447 g/mol. The Morgan fingerprint density at radius 3 is 2.76 bits per heavy atom. The van der Waals surface area contributed by atoms with Crippen molar-refractivity contribution in [2.45, 2.75) is 70.3 Å². The molecule has 1 aliphatic carbocycles. The van der Waals surface area contributed by atoms with Crippen LogP contribution in [0.15, 0.2) is 22.7 Å². The molecule has 0 fully saturated rings. The zero-order valence-corrected chi connectivity index (χ0v) is 18.4. The zero-order chi connectivity index (χ0) is 24.2. The molecule has 33 heavy (non-hydrogen) atoms. The number of alkyl halides is 3. The van der Waals surface area contributed by atoms with E-state index in [9.17, 15) is 26.7 Å². The van der Waals surface area contributed by atoms with Gasteiger partial charge < -0.3 is 9.73 Å². The van der Waals surface area contributed by atoms with Gasteiger partial charge in [0.15, 0.2) is 0 Å². The lowest BCUT2D eigenvalue weighted by molar-refractivity contribution is -0.126. The highest BCUT2D eigenvalue weighted by atomic mass is 19.4. The van der Waals surface area contributed by atoms with Gasteiger partial charge in [-0.05, 0) is 49.8 Å². The minimum Gasteiger partial charge on any atom is -0.427 e. The van der Waals surface area contributed by atoms with E-state index in [1.165, 1.54) is 19.2 Å². The molecule has 0 aliphatic heterocycles. The lowest BCUT2D eigenvalue weighted by Crippen LogP contribution is -2.48. The first-order valence-electron chi connectivity index (χ1n) is 10.8. The van der Waals surface area contributed by atoms with Gasteiger partial charge in [-0.15, -0.1) is 0 Å².